The second-order valence-electron chi connectivity index (χ2n) is 3.61. The molecule has 1 aromatic heterocycles. The van der Waals surface area contributed by atoms with Gasteiger partial charge in [0, 0.05) is 12.3 Å². The Labute approximate surface area is 107 Å². The third-order valence-corrected chi connectivity index (χ3v) is 2.32. The van der Waals surface area contributed by atoms with Crippen molar-refractivity contribution < 1.29 is 14.1 Å². The van der Waals surface area contributed by atoms with Crippen molar-refractivity contribution in [1.82, 2.24) is 4.98 Å². The molecule has 0 bridgehead atoms. The van der Waals surface area contributed by atoms with Gasteiger partial charge in [0.25, 0.3) is 11.6 Å². The fraction of sp³-hybridized carbons (Fsp3) is 0. The number of rotatable bonds is 3. The maximum absolute atomic E-state index is 13.1. The van der Waals surface area contributed by atoms with Crippen molar-refractivity contribution in [2.24, 2.45) is 0 Å². The van der Waals surface area contributed by atoms with Crippen LogP contribution < -0.4 is 5.32 Å². The number of nitrogens with one attached hydrogen (secondary N) is 1. The van der Waals surface area contributed by atoms with Crippen molar-refractivity contribution in [3.8, 4) is 0 Å². The molecule has 1 heterocycles. The van der Waals surface area contributed by atoms with Gasteiger partial charge in [0.05, 0.1) is 16.8 Å². The van der Waals surface area contributed by atoms with Crippen molar-refractivity contribution in [3.63, 3.8) is 0 Å². The molecule has 0 aliphatic rings. The number of nitro benzene ring substituents is 1. The summed E-state index contributed by atoms with van der Waals surface area (Å²) < 4.78 is 13.1. The molecule has 2 rings (SSSR count). The Morgan fingerprint density at radius 1 is 1.37 bits per heavy atom. The molecule has 6 nitrogen and oxygen atoms in total. The van der Waals surface area contributed by atoms with Crippen LogP contribution in [0.4, 0.5) is 15.8 Å². The molecule has 0 radical (unpaired) electrons. The molecule has 0 saturated carbocycles. The zero-order chi connectivity index (χ0) is 13.8. The minimum atomic E-state index is -0.765. The van der Waals surface area contributed by atoms with Crippen LogP contribution in [0.25, 0.3) is 0 Å². The first-order valence-corrected chi connectivity index (χ1v) is 5.23. The Kier molecular flexibility index (Phi) is 3.46. The van der Waals surface area contributed by atoms with E-state index in [1.807, 2.05) is 0 Å². The smallest absolute Gasteiger partial charge is 0.282 e. The van der Waals surface area contributed by atoms with Gasteiger partial charge in [-0.2, -0.15) is 0 Å². The zero-order valence-corrected chi connectivity index (χ0v) is 9.54. The molecular weight excluding hydrogens is 253 g/mol. The van der Waals surface area contributed by atoms with E-state index >= 15 is 0 Å². The second kappa shape index (κ2) is 5.21. The lowest BCUT2D eigenvalue weighted by Crippen LogP contribution is -2.14. The SMILES string of the molecule is O=C(Nc1cccnc1)c1cc(F)ccc1[N+](=O)[O-]. The Balaban J connectivity index is 2.33. The van der Waals surface area contributed by atoms with E-state index in [0.29, 0.717) is 5.69 Å². The van der Waals surface area contributed by atoms with Crippen LogP contribution >= 0.6 is 0 Å². The van der Waals surface area contributed by atoms with Gasteiger partial charge in [-0.25, -0.2) is 4.39 Å². The number of carbonyl (C=O) groups excluding carboxylic acids is 1. The summed E-state index contributed by atoms with van der Waals surface area (Å²) in [6.45, 7) is 0. The summed E-state index contributed by atoms with van der Waals surface area (Å²) in [5.41, 5.74) is -0.428. The normalized spacial score (nSPS) is 9.95. The fourth-order valence-electron chi connectivity index (χ4n) is 1.48. The average Bonchev–Trinajstić information content (AvgIpc) is 2.39. The summed E-state index contributed by atoms with van der Waals surface area (Å²) in [6, 6.07) is 5.86. The molecule has 7 heteroatoms. The predicted molar refractivity (Wildman–Crippen MR) is 65.2 cm³/mol. The molecule has 0 saturated heterocycles. The van der Waals surface area contributed by atoms with Crippen LogP contribution in [-0.4, -0.2) is 15.8 Å². The van der Waals surface area contributed by atoms with Gasteiger partial charge in [-0.3, -0.25) is 19.9 Å². The van der Waals surface area contributed by atoms with E-state index in [1.54, 1.807) is 12.1 Å². The Morgan fingerprint density at radius 3 is 2.79 bits per heavy atom. The first-order valence-electron chi connectivity index (χ1n) is 5.23. The van der Waals surface area contributed by atoms with E-state index in [-0.39, 0.29) is 5.56 Å². The largest absolute Gasteiger partial charge is 0.320 e. The molecule has 96 valence electrons. The van der Waals surface area contributed by atoms with Gasteiger partial charge in [0.1, 0.15) is 11.4 Å². The van der Waals surface area contributed by atoms with Crippen LogP contribution in [0, 0.1) is 15.9 Å². The number of amides is 1. The maximum atomic E-state index is 13.1. The van der Waals surface area contributed by atoms with Crippen molar-refractivity contribution in [2.75, 3.05) is 5.32 Å². The summed E-state index contributed by atoms with van der Waals surface area (Å²) in [5, 5.41) is 13.2. The minimum absolute atomic E-state index is 0.339. The Bertz CT molecular complexity index is 631. The highest BCUT2D eigenvalue weighted by Gasteiger charge is 2.20. The number of benzene rings is 1. The molecule has 0 fully saturated rings. The number of halogens is 1. The molecule has 1 aromatic carbocycles. The van der Waals surface area contributed by atoms with Gasteiger partial charge in [0.2, 0.25) is 0 Å². The molecule has 1 amide bonds. The van der Waals surface area contributed by atoms with Gasteiger partial charge in [-0.1, -0.05) is 0 Å². The molecule has 1 N–H and O–H groups in total. The van der Waals surface area contributed by atoms with E-state index in [4.69, 9.17) is 0 Å². The quantitative estimate of drug-likeness (QED) is 0.679. The minimum Gasteiger partial charge on any atom is -0.320 e. The third kappa shape index (κ3) is 2.89. The average molecular weight is 261 g/mol. The second-order valence-corrected chi connectivity index (χ2v) is 3.61. The van der Waals surface area contributed by atoms with Gasteiger partial charge < -0.3 is 5.32 Å². The molecular formula is C12H8FN3O3. The van der Waals surface area contributed by atoms with Crippen LogP contribution in [0.2, 0.25) is 0 Å². The van der Waals surface area contributed by atoms with E-state index < -0.39 is 22.3 Å². The van der Waals surface area contributed by atoms with Crippen molar-refractivity contribution in [2.45, 2.75) is 0 Å². The van der Waals surface area contributed by atoms with Gasteiger partial charge >= 0.3 is 0 Å². The highest BCUT2D eigenvalue weighted by Crippen LogP contribution is 2.20. The number of aromatic nitrogens is 1. The zero-order valence-electron chi connectivity index (χ0n) is 9.54. The third-order valence-electron chi connectivity index (χ3n) is 2.32. The molecule has 0 aliphatic heterocycles. The number of hydrogen-bond donors (Lipinski definition) is 1. The van der Waals surface area contributed by atoms with Gasteiger partial charge in [0.15, 0.2) is 0 Å². The molecule has 19 heavy (non-hydrogen) atoms. The van der Waals surface area contributed by atoms with Gasteiger partial charge in [-0.15, -0.1) is 0 Å². The molecule has 2 aromatic rings. The maximum Gasteiger partial charge on any atom is 0.282 e. The number of hydrogen-bond acceptors (Lipinski definition) is 4. The monoisotopic (exact) mass is 261 g/mol. The lowest BCUT2D eigenvalue weighted by molar-refractivity contribution is -0.385. The standard InChI is InChI=1S/C12H8FN3O3/c13-8-3-4-11(16(18)19)10(6-8)12(17)15-9-2-1-5-14-7-9/h1-7H,(H,15,17). The van der Waals surface area contributed by atoms with Crippen LogP contribution in [0.1, 0.15) is 10.4 Å². The van der Waals surface area contributed by atoms with Crippen molar-refractivity contribution >= 4 is 17.3 Å². The number of nitrogens with zero attached hydrogens (tertiary/aromatic N) is 2. The molecule has 0 unspecified atom stereocenters. The highest BCUT2D eigenvalue weighted by atomic mass is 19.1. The first-order chi connectivity index (χ1) is 9.08. The molecule has 0 spiro atoms. The lowest BCUT2D eigenvalue weighted by atomic mass is 10.1. The van der Waals surface area contributed by atoms with E-state index in [9.17, 15) is 19.3 Å². The number of anilines is 1. The fourth-order valence-corrected chi connectivity index (χ4v) is 1.48. The number of pyridine rings is 1. The summed E-state index contributed by atoms with van der Waals surface area (Å²) in [4.78, 5) is 25.7. The highest BCUT2D eigenvalue weighted by molar-refractivity contribution is 6.06. The van der Waals surface area contributed by atoms with Crippen LogP contribution in [0.3, 0.4) is 0 Å². The van der Waals surface area contributed by atoms with Crippen molar-refractivity contribution in [3.05, 3.63) is 64.2 Å². The Morgan fingerprint density at radius 2 is 2.16 bits per heavy atom. The van der Waals surface area contributed by atoms with E-state index in [0.717, 1.165) is 18.2 Å². The van der Waals surface area contributed by atoms with Crippen molar-refractivity contribution in [1.29, 1.82) is 0 Å². The Hall–Kier alpha value is -2.83. The summed E-state index contributed by atoms with van der Waals surface area (Å²) >= 11 is 0. The lowest BCUT2D eigenvalue weighted by Gasteiger charge is -2.05. The number of nitro groups is 1. The van der Waals surface area contributed by atoms with Gasteiger partial charge in [-0.05, 0) is 24.3 Å². The topological polar surface area (TPSA) is 85.1 Å². The van der Waals surface area contributed by atoms with Crippen LogP contribution in [0.5, 0.6) is 0 Å². The van der Waals surface area contributed by atoms with Crippen LogP contribution in [-0.2, 0) is 0 Å². The van der Waals surface area contributed by atoms with E-state index in [1.165, 1.54) is 12.4 Å². The van der Waals surface area contributed by atoms with Crippen LogP contribution in [0.15, 0.2) is 42.7 Å². The number of carbonyl (C=O) groups is 1. The predicted octanol–water partition coefficient (Wildman–Crippen LogP) is 2.38. The summed E-state index contributed by atoms with van der Waals surface area (Å²) in [6.07, 6.45) is 2.89. The first kappa shape index (κ1) is 12.6. The molecule has 0 aliphatic carbocycles. The van der Waals surface area contributed by atoms with E-state index in [2.05, 4.69) is 10.3 Å². The summed E-state index contributed by atoms with van der Waals surface area (Å²) in [7, 11) is 0. The summed E-state index contributed by atoms with van der Waals surface area (Å²) in [5.74, 6) is -1.49. The molecule has 0 atom stereocenters.